The van der Waals surface area contributed by atoms with E-state index in [4.69, 9.17) is 15.3 Å². The van der Waals surface area contributed by atoms with Crippen molar-refractivity contribution in [1.82, 2.24) is 0 Å². The minimum atomic E-state index is -1.16. The highest BCUT2D eigenvalue weighted by atomic mass is 17.0. The molecule has 0 bridgehead atoms. The lowest BCUT2D eigenvalue weighted by molar-refractivity contribution is -0.176. The summed E-state index contributed by atoms with van der Waals surface area (Å²) in [7, 11) is 0. The molecule has 3 aromatic carbocycles. The third-order valence-electron chi connectivity index (χ3n) is 4.28. The van der Waals surface area contributed by atoms with Gasteiger partial charge in [-0.1, -0.05) is 86.6 Å². The van der Waals surface area contributed by atoms with Crippen LogP contribution in [0.5, 0.6) is 5.75 Å². The van der Waals surface area contributed by atoms with Crippen molar-refractivity contribution in [3.05, 3.63) is 102 Å². The maximum Gasteiger partial charge on any atom is 0.199 e. The molecule has 0 saturated heterocycles. The first-order valence-electron chi connectivity index (χ1n) is 9.78. The Morgan fingerprint density at radius 1 is 0.800 bits per heavy atom. The Balaban J connectivity index is 0.000000342. The topological polar surface area (TPSA) is 87.0 Å². The van der Waals surface area contributed by atoms with Gasteiger partial charge in [-0.05, 0) is 36.1 Å². The highest BCUT2D eigenvalue weighted by Crippen LogP contribution is 2.25. The molecule has 30 heavy (non-hydrogen) atoms. The van der Waals surface area contributed by atoms with Crippen molar-refractivity contribution in [2.75, 3.05) is 6.61 Å². The minimum absolute atomic E-state index is 0.352. The lowest BCUT2D eigenvalue weighted by atomic mass is 9.99. The van der Waals surface area contributed by atoms with Gasteiger partial charge >= 0.3 is 0 Å². The van der Waals surface area contributed by atoms with Crippen LogP contribution in [0.1, 0.15) is 54.3 Å². The molecule has 3 aromatic rings. The van der Waals surface area contributed by atoms with Crippen LogP contribution in [0.3, 0.4) is 0 Å². The number of carbonyl (C=O) groups excluding carboxylic acids is 1. The molecule has 0 spiro atoms. The number of hydrogen-bond donors (Lipinski definition) is 3. The van der Waals surface area contributed by atoms with Gasteiger partial charge in [0.2, 0.25) is 0 Å². The Kier molecular flexibility index (Phi) is 11.7. The first kappa shape index (κ1) is 25.0. The summed E-state index contributed by atoms with van der Waals surface area (Å²) in [5.41, 5.74) is 2.40. The van der Waals surface area contributed by atoms with Gasteiger partial charge in [-0.3, -0.25) is 15.3 Å². The Bertz CT molecular complexity index is 848. The lowest BCUT2D eigenvalue weighted by Gasteiger charge is -2.13. The summed E-state index contributed by atoms with van der Waals surface area (Å²) in [6, 6.07) is 26.4. The largest absolute Gasteiger partial charge is 0.493 e. The van der Waals surface area contributed by atoms with Crippen molar-refractivity contribution >= 4 is 5.78 Å². The molecule has 0 fully saturated rings. The summed E-state index contributed by atoms with van der Waals surface area (Å²) in [5, 5.41) is 22.1. The average molecular weight is 411 g/mol. The Morgan fingerprint density at radius 2 is 1.27 bits per heavy atom. The number of para-hydroxylation sites is 1. The smallest absolute Gasteiger partial charge is 0.199 e. The highest BCUT2D eigenvalue weighted by molar-refractivity contribution is 6.02. The molecule has 0 radical (unpaired) electrons. The maximum atomic E-state index is 12.3. The van der Waals surface area contributed by atoms with Gasteiger partial charge < -0.3 is 9.84 Å². The van der Waals surface area contributed by atoms with Gasteiger partial charge in [0.05, 0.1) is 12.2 Å². The van der Waals surface area contributed by atoms with E-state index >= 15 is 0 Å². The molecule has 0 aromatic heterocycles. The number of rotatable bonds is 6. The van der Waals surface area contributed by atoms with Gasteiger partial charge in [0.1, 0.15) is 11.9 Å². The van der Waals surface area contributed by atoms with Gasteiger partial charge in [-0.2, -0.15) is 0 Å². The van der Waals surface area contributed by atoms with E-state index in [0.29, 0.717) is 29.4 Å². The standard InChI is InChI=1S/C16H16O3.C9H12.H2O2/c1-2-19-14-11-7-6-10-13(14)16(18)15(17)12-8-4-3-5-9-12;1-8(2)9-6-4-3-5-7-9;1-2/h3-11,15,17H,2H2,1H3;3-8H,1-2H3;1-2H. The predicted molar refractivity (Wildman–Crippen MR) is 119 cm³/mol. The Hall–Kier alpha value is -2.99. The van der Waals surface area contributed by atoms with Crippen molar-refractivity contribution in [2.45, 2.75) is 32.8 Å². The van der Waals surface area contributed by atoms with Crippen LogP contribution < -0.4 is 4.74 Å². The second kappa shape index (κ2) is 14.1. The van der Waals surface area contributed by atoms with E-state index in [1.807, 2.05) is 19.1 Å². The molecule has 0 heterocycles. The van der Waals surface area contributed by atoms with Crippen LogP contribution in [0.25, 0.3) is 0 Å². The molecule has 0 saturated carbocycles. The van der Waals surface area contributed by atoms with Crippen molar-refractivity contribution in [3.8, 4) is 5.75 Å². The van der Waals surface area contributed by atoms with E-state index in [-0.39, 0.29) is 5.78 Å². The Morgan fingerprint density at radius 3 is 1.73 bits per heavy atom. The second-order valence-corrected chi connectivity index (χ2v) is 6.67. The normalized spacial score (nSPS) is 10.8. The summed E-state index contributed by atoms with van der Waals surface area (Å²) >= 11 is 0. The first-order chi connectivity index (χ1) is 14.5. The zero-order chi connectivity index (χ0) is 22.4. The van der Waals surface area contributed by atoms with Crippen molar-refractivity contribution < 1.29 is 25.2 Å². The molecule has 160 valence electrons. The fourth-order valence-corrected chi connectivity index (χ4v) is 2.72. The minimum Gasteiger partial charge on any atom is -0.493 e. The summed E-state index contributed by atoms with van der Waals surface area (Å²) in [6.07, 6.45) is -1.16. The average Bonchev–Trinajstić information content (AvgIpc) is 2.81. The number of carbonyl (C=O) groups is 1. The molecule has 0 aliphatic heterocycles. The SMILES string of the molecule is CC(C)c1ccccc1.CCOc1ccccc1C(=O)C(O)c1ccccc1.OO. The zero-order valence-electron chi connectivity index (χ0n) is 17.6. The van der Waals surface area contributed by atoms with Gasteiger partial charge in [0, 0.05) is 0 Å². The number of aliphatic hydroxyl groups excluding tert-OH is 1. The van der Waals surface area contributed by atoms with E-state index < -0.39 is 6.10 Å². The van der Waals surface area contributed by atoms with Crippen LogP contribution in [0, 0.1) is 0 Å². The Labute approximate surface area is 178 Å². The molecule has 3 rings (SSSR count). The van der Waals surface area contributed by atoms with E-state index in [9.17, 15) is 9.90 Å². The van der Waals surface area contributed by atoms with Crippen LogP contribution in [-0.2, 0) is 0 Å². The number of ketones is 1. The summed E-state index contributed by atoms with van der Waals surface area (Å²) < 4.78 is 5.41. The van der Waals surface area contributed by atoms with Crippen LogP contribution in [-0.4, -0.2) is 28.0 Å². The van der Waals surface area contributed by atoms with E-state index in [0.717, 1.165) is 0 Å². The number of benzene rings is 3. The molecule has 5 nitrogen and oxygen atoms in total. The van der Waals surface area contributed by atoms with Gasteiger partial charge in [0.25, 0.3) is 0 Å². The lowest BCUT2D eigenvalue weighted by Crippen LogP contribution is -2.13. The molecule has 3 N–H and O–H groups in total. The molecule has 1 unspecified atom stereocenters. The first-order valence-corrected chi connectivity index (χ1v) is 9.78. The fourth-order valence-electron chi connectivity index (χ4n) is 2.72. The molecule has 0 amide bonds. The van der Waals surface area contributed by atoms with Gasteiger partial charge in [-0.25, -0.2) is 0 Å². The fraction of sp³-hybridized carbons (Fsp3) is 0.240. The number of hydrogen-bond acceptors (Lipinski definition) is 5. The van der Waals surface area contributed by atoms with E-state index in [1.54, 1.807) is 48.5 Å². The van der Waals surface area contributed by atoms with Crippen LogP contribution in [0.2, 0.25) is 0 Å². The summed E-state index contributed by atoms with van der Waals surface area (Å²) in [4.78, 5) is 12.3. The van der Waals surface area contributed by atoms with Crippen LogP contribution in [0.4, 0.5) is 0 Å². The molecular formula is C25H30O5. The molecule has 5 heteroatoms. The molecule has 0 aliphatic rings. The summed E-state index contributed by atoms with van der Waals surface area (Å²) in [5.74, 6) is 0.812. The molecule has 1 atom stereocenters. The third-order valence-corrected chi connectivity index (χ3v) is 4.28. The van der Waals surface area contributed by atoms with Crippen LogP contribution in [0.15, 0.2) is 84.9 Å². The second-order valence-electron chi connectivity index (χ2n) is 6.67. The zero-order valence-corrected chi connectivity index (χ0v) is 17.6. The van der Waals surface area contributed by atoms with E-state index in [2.05, 4.69) is 38.1 Å². The summed E-state index contributed by atoms with van der Waals surface area (Å²) in [6.45, 7) is 6.74. The van der Waals surface area contributed by atoms with Crippen molar-refractivity contribution in [3.63, 3.8) is 0 Å². The van der Waals surface area contributed by atoms with Crippen LogP contribution >= 0.6 is 0 Å². The number of ether oxygens (including phenoxy) is 1. The number of Topliss-reactive ketones (excluding diaryl/α,β-unsaturated/α-hetero) is 1. The van der Waals surface area contributed by atoms with Crippen molar-refractivity contribution in [1.29, 1.82) is 0 Å². The third kappa shape index (κ3) is 7.79. The monoisotopic (exact) mass is 410 g/mol. The van der Waals surface area contributed by atoms with Gasteiger partial charge in [0.15, 0.2) is 5.78 Å². The molecule has 0 aliphatic carbocycles. The van der Waals surface area contributed by atoms with Gasteiger partial charge in [-0.15, -0.1) is 0 Å². The molecular weight excluding hydrogens is 380 g/mol. The van der Waals surface area contributed by atoms with E-state index in [1.165, 1.54) is 5.56 Å². The predicted octanol–water partition coefficient (Wildman–Crippen LogP) is 5.83. The number of aliphatic hydroxyl groups is 1. The highest BCUT2D eigenvalue weighted by Gasteiger charge is 2.21. The maximum absolute atomic E-state index is 12.3. The van der Waals surface area contributed by atoms with Crippen molar-refractivity contribution in [2.24, 2.45) is 0 Å². The quantitative estimate of drug-likeness (QED) is 0.270.